The first-order chi connectivity index (χ1) is 13.1. The van der Waals surface area contributed by atoms with Crippen LogP contribution in [0.3, 0.4) is 0 Å². The van der Waals surface area contributed by atoms with Crippen molar-refractivity contribution in [3.8, 4) is 16.3 Å². The lowest BCUT2D eigenvalue weighted by Crippen LogP contribution is -2.38. The molecule has 2 aromatic carbocycles. The number of halogens is 2. The lowest BCUT2D eigenvalue weighted by molar-refractivity contribution is -0.134. The van der Waals surface area contributed by atoms with E-state index in [4.69, 9.17) is 4.74 Å². The molecular weight excluding hydrogens is 370 g/mol. The highest BCUT2D eigenvalue weighted by atomic mass is 32.1. The van der Waals surface area contributed by atoms with E-state index < -0.39 is 0 Å². The fourth-order valence-corrected chi connectivity index (χ4v) is 4.04. The Hall–Kier alpha value is -2.80. The van der Waals surface area contributed by atoms with Crippen LogP contribution in [0.4, 0.5) is 8.78 Å². The van der Waals surface area contributed by atoms with Gasteiger partial charge >= 0.3 is 0 Å². The van der Waals surface area contributed by atoms with Crippen molar-refractivity contribution >= 4 is 17.2 Å². The van der Waals surface area contributed by atoms with Crippen LogP contribution in [0.25, 0.3) is 10.6 Å². The van der Waals surface area contributed by atoms with E-state index in [1.165, 1.54) is 47.7 Å². The minimum atomic E-state index is -0.350. The molecule has 1 aliphatic rings. The van der Waals surface area contributed by atoms with Crippen LogP contribution in [0.2, 0.25) is 0 Å². The van der Waals surface area contributed by atoms with Crippen LogP contribution < -0.4 is 4.74 Å². The second-order valence-corrected chi connectivity index (χ2v) is 7.29. The number of hydrogen-bond acceptors (Lipinski definition) is 4. The number of aromatic nitrogens is 1. The summed E-state index contributed by atoms with van der Waals surface area (Å²) in [7, 11) is 0. The van der Waals surface area contributed by atoms with Gasteiger partial charge in [-0.3, -0.25) is 4.79 Å². The van der Waals surface area contributed by atoms with Crippen LogP contribution in [0, 0.1) is 11.6 Å². The third kappa shape index (κ3) is 3.98. The number of nitrogens with zero attached hydrogens (tertiary/aromatic N) is 2. The van der Waals surface area contributed by atoms with Crippen molar-refractivity contribution in [2.75, 3.05) is 13.2 Å². The summed E-state index contributed by atoms with van der Waals surface area (Å²) in [5.74, 6) is -0.328. The number of rotatable bonds is 4. The van der Waals surface area contributed by atoms with Crippen LogP contribution in [0.5, 0.6) is 5.75 Å². The molecule has 1 aromatic heterocycles. The zero-order valence-corrected chi connectivity index (χ0v) is 15.1. The van der Waals surface area contributed by atoms with Crippen molar-refractivity contribution < 1.29 is 18.3 Å². The summed E-state index contributed by atoms with van der Waals surface area (Å²) in [6.07, 6.45) is 0.656. The van der Waals surface area contributed by atoms with E-state index in [9.17, 15) is 13.6 Å². The largest absolute Gasteiger partial charge is 0.484 e. The normalized spacial score (nSPS) is 13.3. The fraction of sp³-hybridized carbons (Fsp3) is 0.200. The average Bonchev–Trinajstić information content (AvgIpc) is 3.11. The van der Waals surface area contributed by atoms with Gasteiger partial charge in [0.2, 0.25) is 0 Å². The summed E-state index contributed by atoms with van der Waals surface area (Å²) < 4.78 is 31.8. The molecule has 1 amide bonds. The molecule has 0 bridgehead atoms. The molecule has 7 heteroatoms. The molecule has 0 aliphatic carbocycles. The first-order valence-electron chi connectivity index (χ1n) is 8.49. The van der Waals surface area contributed by atoms with E-state index in [1.54, 1.807) is 11.0 Å². The minimum absolute atomic E-state index is 0.101. The summed E-state index contributed by atoms with van der Waals surface area (Å²) in [5, 5.41) is 0.761. The Balaban J connectivity index is 1.42. The van der Waals surface area contributed by atoms with E-state index in [0.29, 0.717) is 25.3 Å². The van der Waals surface area contributed by atoms with Gasteiger partial charge in [-0.25, -0.2) is 13.8 Å². The third-order valence-electron chi connectivity index (χ3n) is 4.33. The monoisotopic (exact) mass is 386 g/mol. The molecule has 0 saturated carbocycles. The number of amides is 1. The standard InChI is InChI=1S/C20H16F2N2O2S/c21-14-4-6-16(7-5-14)26-12-19(25)24-9-8-17-18(11-24)27-20(23-17)13-2-1-3-15(22)10-13/h1-7,10H,8-9,11-12H2. The van der Waals surface area contributed by atoms with E-state index in [-0.39, 0.29) is 24.1 Å². The smallest absolute Gasteiger partial charge is 0.260 e. The fourth-order valence-electron chi connectivity index (χ4n) is 2.92. The zero-order valence-electron chi connectivity index (χ0n) is 14.3. The minimum Gasteiger partial charge on any atom is -0.484 e. The van der Waals surface area contributed by atoms with Crippen LogP contribution in [-0.2, 0) is 17.8 Å². The summed E-state index contributed by atoms with van der Waals surface area (Å²) >= 11 is 1.48. The summed E-state index contributed by atoms with van der Waals surface area (Å²) in [6.45, 7) is 0.926. The number of carbonyl (C=O) groups is 1. The first-order valence-corrected chi connectivity index (χ1v) is 9.31. The summed E-state index contributed by atoms with van der Waals surface area (Å²) in [5.41, 5.74) is 1.70. The van der Waals surface area contributed by atoms with Gasteiger partial charge in [-0.2, -0.15) is 0 Å². The van der Waals surface area contributed by atoms with Gasteiger partial charge in [-0.15, -0.1) is 11.3 Å². The van der Waals surface area contributed by atoms with Crippen LogP contribution in [0.15, 0.2) is 48.5 Å². The Kier molecular flexibility index (Phi) is 4.85. The van der Waals surface area contributed by atoms with Gasteiger partial charge in [0, 0.05) is 23.4 Å². The molecule has 0 spiro atoms. The van der Waals surface area contributed by atoms with E-state index in [1.807, 2.05) is 6.07 Å². The number of hydrogen-bond donors (Lipinski definition) is 0. The molecule has 0 unspecified atom stereocenters. The molecule has 1 aliphatic heterocycles. The number of ether oxygens (including phenoxy) is 1. The average molecular weight is 386 g/mol. The van der Waals surface area contributed by atoms with Crippen molar-refractivity contribution in [1.29, 1.82) is 0 Å². The SMILES string of the molecule is O=C(COc1ccc(F)cc1)N1CCc2nc(-c3cccc(F)c3)sc2C1. The maximum atomic E-state index is 13.4. The topological polar surface area (TPSA) is 42.4 Å². The van der Waals surface area contributed by atoms with E-state index >= 15 is 0 Å². The van der Waals surface area contributed by atoms with Gasteiger partial charge in [0.15, 0.2) is 6.61 Å². The van der Waals surface area contributed by atoms with Gasteiger partial charge in [-0.05, 0) is 36.4 Å². The van der Waals surface area contributed by atoms with Gasteiger partial charge in [0.05, 0.1) is 12.2 Å². The summed E-state index contributed by atoms with van der Waals surface area (Å²) in [6, 6.07) is 11.9. The first kappa shape index (κ1) is 17.6. The highest BCUT2D eigenvalue weighted by Gasteiger charge is 2.24. The second kappa shape index (κ2) is 7.44. The highest BCUT2D eigenvalue weighted by molar-refractivity contribution is 7.15. The van der Waals surface area contributed by atoms with Crippen molar-refractivity contribution in [2.45, 2.75) is 13.0 Å². The molecule has 0 atom stereocenters. The van der Waals surface area contributed by atoms with Crippen molar-refractivity contribution in [3.63, 3.8) is 0 Å². The maximum absolute atomic E-state index is 13.4. The Morgan fingerprint density at radius 2 is 1.96 bits per heavy atom. The van der Waals surface area contributed by atoms with Crippen molar-refractivity contribution in [1.82, 2.24) is 9.88 Å². The molecule has 0 saturated heterocycles. The zero-order chi connectivity index (χ0) is 18.8. The van der Waals surface area contributed by atoms with Crippen molar-refractivity contribution in [3.05, 3.63) is 70.7 Å². The number of carbonyl (C=O) groups excluding carboxylic acids is 1. The highest BCUT2D eigenvalue weighted by Crippen LogP contribution is 2.32. The quantitative estimate of drug-likeness (QED) is 0.679. The van der Waals surface area contributed by atoms with Crippen LogP contribution in [-0.4, -0.2) is 28.9 Å². The lowest BCUT2D eigenvalue weighted by Gasteiger charge is -2.26. The Bertz CT molecular complexity index is 972. The van der Waals surface area contributed by atoms with E-state index in [0.717, 1.165) is 21.1 Å². The molecule has 3 aromatic rings. The molecular formula is C20H16F2N2O2S. The molecule has 138 valence electrons. The van der Waals surface area contributed by atoms with E-state index in [2.05, 4.69) is 4.98 Å². The van der Waals surface area contributed by atoms with Crippen molar-refractivity contribution in [2.24, 2.45) is 0 Å². The predicted molar refractivity (Wildman–Crippen MR) is 98.5 cm³/mol. The Morgan fingerprint density at radius 1 is 1.15 bits per heavy atom. The summed E-state index contributed by atoms with van der Waals surface area (Å²) in [4.78, 5) is 19.8. The number of fused-ring (bicyclic) bond motifs is 1. The Morgan fingerprint density at radius 3 is 2.74 bits per heavy atom. The van der Waals surface area contributed by atoms with Gasteiger partial charge in [0.1, 0.15) is 22.4 Å². The molecule has 0 N–H and O–H groups in total. The number of benzene rings is 2. The molecule has 0 radical (unpaired) electrons. The third-order valence-corrected chi connectivity index (χ3v) is 5.46. The van der Waals surface area contributed by atoms with Gasteiger partial charge in [-0.1, -0.05) is 12.1 Å². The molecule has 2 heterocycles. The maximum Gasteiger partial charge on any atom is 0.260 e. The number of thiazole rings is 1. The lowest BCUT2D eigenvalue weighted by atomic mass is 10.1. The second-order valence-electron chi connectivity index (χ2n) is 6.21. The van der Waals surface area contributed by atoms with Crippen LogP contribution >= 0.6 is 11.3 Å². The van der Waals surface area contributed by atoms with Gasteiger partial charge < -0.3 is 9.64 Å². The Labute approximate surface area is 159 Å². The molecule has 4 rings (SSSR count). The van der Waals surface area contributed by atoms with Gasteiger partial charge in [0.25, 0.3) is 5.91 Å². The molecule has 0 fully saturated rings. The molecule has 27 heavy (non-hydrogen) atoms. The van der Waals surface area contributed by atoms with Crippen LogP contribution in [0.1, 0.15) is 10.6 Å². The molecule has 4 nitrogen and oxygen atoms in total. The predicted octanol–water partition coefficient (Wildman–Crippen LogP) is 4.05.